The Morgan fingerprint density at radius 3 is 2.07 bits per heavy atom. The Morgan fingerprint density at radius 1 is 1.04 bits per heavy atom. The van der Waals surface area contributed by atoms with E-state index in [0.29, 0.717) is 12.5 Å². The minimum absolute atomic E-state index is 0. The second kappa shape index (κ2) is 12.1. The molecule has 152 valence electrons. The van der Waals surface area contributed by atoms with Crippen molar-refractivity contribution in [2.75, 3.05) is 20.7 Å². The predicted octanol–water partition coefficient (Wildman–Crippen LogP) is 5.64. The molecule has 0 aliphatic rings. The van der Waals surface area contributed by atoms with Crippen molar-refractivity contribution in [3.63, 3.8) is 0 Å². The maximum Gasteiger partial charge on any atom is 0.302 e. The molecule has 0 spiro atoms. The zero-order chi connectivity index (χ0) is 21.1. The van der Waals surface area contributed by atoms with Gasteiger partial charge in [-0.1, -0.05) is 52.0 Å². The molecule has 2 aromatic carbocycles. The summed E-state index contributed by atoms with van der Waals surface area (Å²) in [5.74, 6) is 0.309. The van der Waals surface area contributed by atoms with E-state index in [2.05, 4.69) is 23.8 Å². The van der Waals surface area contributed by atoms with Crippen LogP contribution < -0.4 is 0 Å². The first-order valence-electron chi connectivity index (χ1n) is 9.49. The van der Waals surface area contributed by atoms with E-state index >= 15 is 0 Å². The number of carbonyl (C=O) groups is 2. The number of rotatable bonds is 3. The molecule has 0 N–H and O–H groups in total. The molecule has 4 heteroatoms. The summed E-state index contributed by atoms with van der Waals surface area (Å²) >= 11 is 0. The zero-order valence-electron chi connectivity index (χ0n) is 18.3. The van der Waals surface area contributed by atoms with Gasteiger partial charge in [0.2, 0.25) is 0 Å². The van der Waals surface area contributed by atoms with Gasteiger partial charge in [-0.2, -0.15) is 0 Å². The lowest BCUT2D eigenvalue weighted by atomic mass is 9.97. The summed E-state index contributed by atoms with van der Waals surface area (Å²) in [5, 5.41) is 2.39. The van der Waals surface area contributed by atoms with Crippen LogP contribution in [0.4, 0.5) is 0 Å². The number of benzene rings is 2. The maximum atomic E-state index is 12.0. The van der Waals surface area contributed by atoms with E-state index in [1.807, 2.05) is 52.8 Å². The minimum atomic E-state index is -0.196. The predicted molar refractivity (Wildman–Crippen MR) is 116 cm³/mol. The number of esters is 1. The molecule has 4 nitrogen and oxygen atoms in total. The first-order valence-corrected chi connectivity index (χ1v) is 9.49. The molecule has 2 aromatic rings. The molecule has 0 fully saturated rings. The fraction of sp³-hybridized carbons (Fsp3) is 0.478. The second-order valence-corrected chi connectivity index (χ2v) is 6.80. The van der Waals surface area contributed by atoms with Gasteiger partial charge in [-0.3, -0.25) is 9.59 Å². The molecule has 27 heavy (non-hydrogen) atoms. The van der Waals surface area contributed by atoms with Crippen LogP contribution in [0.1, 0.15) is 57.5 Å². The van der Waals surface area contributed by atoms with Crippen LogP contribution in [0.25, 0.3) is 10.8 Å². The van der Waals surface area contributed by atoms with Crippen molar-refractivity contribution in [1.82, 2.24) is 4.90 Å². The van der Waals surface area contributed by atoms with Gasteiger partial charge in [-0.25, -0.2) is 0 Å². The van der Waals surface area contributed by atoms with Crippen molar-refractivity contribution in [3.05, 3.63) is 47.0 Å². The van der Waals surface area contributed by atoms with Crippen LogP contribution in [-0.2, 0) is 9.53 Å². The average molecular weight is 376 g/mol. The van der Waals surface area contributed by atoms with Crippen LogP contribution in [0.5, 0.6) is 0 Å². The molecule has 1 amide bonds. The Labute approximate surface area is 166 Å². The monoisotopic (exact) mass is 375 g/mol. The Morgan fingerprint density at radius 2 is 1.63 bits per heavy atom. The van der Waals surface area contributed by atoms with E-state index in [-0.39, 0.29) is 13.3 Å². The maximum absolute atomic E-state index is 12.0. The third-order valence-electron chi connectivity index (χ3n) is 3.81. The lowest BCUT2D eigenvalue weighted by Gasteiger charge is -2.14. The molecule has 0 aliphatic carbocycles. The smallest absolute Gasteiger partial charge is 0.302 e. The van der Waals surface area contributed by atoms with Gasteiger partial charge in [0, 0.05) is 28.0 Å². The molecule has 0 bridgehead atoms. The number of aryl methyl sites for hydroxylation is 2. The molecule has 0 aliphatic heterocycles. The molecule has 0 aromatic heterocycles. The van der Waals surface area contributed by atoms with Crippen LogP contribution >= 0.6 is 0 Å². The molecule has 0 atom stereocenters. The van der Waals surface area contributed by atoms with Gasteiger partial charge in [0.1, 0.15) is 0 Å². The Kier molecular flexibility index (Phi) is 11.0. The van der Waals surface area contributed by atoms with Gasteiger partial charge >= 0.3 is 5.97 Å². The summed E-state index contributed by atoms with van der Waals surface area (Å²) < 4.78 is 4.66. The first kappa shape index (κ1) is 24.6. The van der Waals surface area contributed by atoms with E-state index in [4.69, 9.17) is 0 Å². The summed E-state index contributed by atoms with van der Waals surface area (Å²) in [6.45, 7) is 14.1. The summed E-state index contributed by atoms with van der Waals surface area (Å²) in [6, 6.07) is 10.2. The fourth-order valence-corrected chi connectivity index (χ4v) is 2.42. The quantitative estimate of drug-likeness (QED) is 0.653. The van der Waals surface area contributed by atoms with Gasteiger partial charge in [-0.15, -0.1) is 0 Å². The molecule has 0 unspecified atom stereocenters. The standard InChI is InChI=1S/C15H17NO.C6H12O2.C2H6.H2/c1-10-6-5-7-13-11(2)14(9-8-12(10)13)15(17)16(3)4;1-5(2)4-8-6(3)7;1-2;/h5-9H,1-4H3;5H,4H2,1-3H3;1-2H3;1H. The van der Waals surface area contributed by atoms with Crippen LogP contribution in [0.15, 0.2) is 30.3 Å². The van der Waals surface area contributed by atoms with E-state index in [1.165, 1.54) is 17.9 Å². The number of hydrogen-bond acceptors (Lipinski definition) is 3. The third kappa shape index (κ3) is 7.81. The van der Waals surface area contributed by atoms with Crippen LogP contribution in [-0.4, -0.2) is 37.5 Å². The zero-order valence-corrected chi connectivity index (χ0v) is 18.3. The van der Waals surface area contributed by atoms with Gasteiger partial charge in [-0.05, 0) is 47.7 Å². The highest BCUT2D eigenvalue weighted by molar-refractivity contribution is 6.01. The number of nitrogens with zero attached hydrogens (tertiary/aromatic N) is 1. The SMILES string of the molecule is CC.CC(=O)OCC(C)C.Cc1cccc2c(C)c(C(=O)N(C)C)ccc12.[HH]. The molecule has 0 heterocycles. The van der Waals surface area contributed by atoms with Gasteiger partial charge in [0.25, 0.3) is 5.91 Å². The Balaban J connectivity index is 0. The van der Waals surface area contributed by atoms with Gasteiger partial charge in [0.05, 0.1) is 6.61 Å². The number of carbonyl (C=O) groups excluding carboxylic acids is 2. The normalized spacial score (nSPS) is 9.70. The Hall–Kier alpha value is -2.36. The van der Waals surface area contributed by atoms with Crippen LogP contribution in [0.3, 0.4) is 0 Å². The number of fused-ring (bicyclic) bond motifs is 1. The number of hydrogen-bond donors (Lipinski definition) is 0. The van der Waals surface area contributed by atoms with Crippen LogP contribution in [0, 0.1) is 19.8 Å². The molecule has 0 saturated carbocycles. The van der Waals surface area contributed by atoms with E-state index in [0.717, 1.165) is 16.5 Å². The topological polar surface area (TPSA) is 46.6 Å². The summed E-state index contributed by atoms with van der Waals surface area (Å²) in [6.07, 6.45) is 0. The number of ether oxygens (including phenoxy) is 1. The number of amides is 1. The van der Waals surface area contributed by atoms with E-state index in [1.54, 1.807) is 19.0 Å². The first-order chi connectivity index (χ1) is 12.6. The van der Waals surface area contributed by atoms with Crippen molar-refractivity contribution in [2.45, 2.75) is 48.5 Å². The van der Waals surface area contributed by atoms with Gasteiger partial charge < -0.3 is 9.64 Å². The highest BCUT2D eigenvalue weighted by Gasteiger charge is 2.13. The van der Waals surface area contributed by atoms with Crippen LogP contribution in [0.2, 0.25) is 0 Å². The largest absolute Gasteiger partial charge is 0.466 e. The minimum Gasteiger partial charge on any atom is -0.466 e. The lowest BCUT2D eigenvalue weighted by Crippen LogP contribution is -2.22. The third-order valence-corrected chi connectivity index (χ3v) is 3.81. The summed E-state index contributed by atoms with van der Waals surface area (Å²) in [7, 11) is 3.56. The van der Waals surface area contributed by atoms with Crippen molar-refractivity contribution in [2.24, 2.45) is 5.92 Å². The molecular weight excluding hydrogens is 338 g/mol. The summed E-state index contributed by atoms with van der Waals surface area (Å²) in [5.41, 5.74) is 3.09. The van der Waals surface area contributed by atoms with E-state index < -0.39 is 0 Å². The van der Waals surface area contributed by atoms with Crippen molar-refractivity contribution in [1.29, 1.82) is 0 Å². The molecular formula is C23H37NO3. The fourth-order valence-electron chi connectivity index (χ4n) is 2.42. The molecule has 0 radical (unpaired) electrons. The summed E-state index contributed by atoms with van der Waals surface area (Å²) in [4.78, 5) is 23.8. The second-order valence-electron chi connectivity index (χ2n) is 6.80. The highest BCUT2D eigenvalue weighted by Crippen LogP contribution is 2.25. The van der Waals surface area contributed by atoms with E-state index in [9.17, 15) is 9.59 Å². The molecule has 0 saturated heterocycles. The van der Waals surface area contributed by atoms with Crippen molar-refractivity contribution in [3.8, 4) is 0 Å². The van der Waals surface area contributed by atoms with Crippen molar-refractivity contribution < 1.29 is 15.8 Å². The Bertz CT molecular complexity index is 755. The molecule has 2 rings (SSSR count). The average Bonchev–Trinajstić information content (AvgIpc) is 2.62. The lowest BCUT2D eigenvalue weighted by molar-refractivity contribution is -0.141. The highest BCUT2D eigenvalue weighted by atomic mass is 16.5. The van der Waals surface area contributed by atoms with Crippen molar-refractivity contribution >= 4 is 22.6 Å². The van der Waals surface area contributed by atoms with Gasteiger partial charge in [0.15, 0.2) is 0 Å².